The first-order valence-corrected chi connectivity index (χ1v) is 11.0. The molecule has 34 heavy (non-hydrogen) atoms. The maximum Gasteiger partial charge on any atom is 0.274 e. The first-order valence-electron chi connectivity index (χ1n) is 10.7. The lowest BCUT2D eigenvalue weighted by Crippen LogP contribution is -2.16. The van der Waals surface area contributed by atoms with Gasteiger partial charge in [-0.1, -0.05) is 61.0 Å². The van der Waals surface area contributed by atoms with Gasteiger partial charge in [0.2, 0.25) is 0 Å². The minimum Gasteiger partial charge on any atom is -0.340 e. The SMILES string of the molecule is CCC(=O)c1nc[nH]c1C(=O)Nc1ccc(CC(=O)c2c(-c3ccccc3)nn(C)c2Cl)cc1. The number of Topliss-reactive ketones (excluding diaryl/α,β-unsaturated/α-hetero) is 2. The zero-order valence-electron chi connectivity index (χ0n) is 18.6. The fraction of sp³-hybridized carbons (Fsp3) is 0.160. The molecule has 0 spiro atoms. The predicted molar refractivity (Wildman–Crippen MR) is 129 cm³/mol. The number of carbonyl (C=O) groups is 3. The summed E-state index contributed by atoms with van der Waals surface area (Å²) >= 11 is 6.40. The number of ketones is 2. The number of carbonyl (C=O) groups excluding carboxylic acids is 3. The Morgan fingerprint density at radius 3 is 2.41 bits per heavy atom. The van der Waals surface area contributed by atoms with E-state index in [1.165, 1.54) is 11.0 Å². The van der Waals surface area contributed by atoms with Crippen molar-refractivity contribution in [3.63, 3.8) is 0 Å². The molecule has 2 heterocycles. The normalized spacial score (nSPS) is 10.8. The number of aryl methyl sites for hydroxylation is 1. The summed E-state index contributed by atoms with van der Waals surface area (Å²) in [7, 11) is 1.70. The summed E-state index contributed by atoms with van der Waals surface area (Å²) in [5, 5.41) is 7.44. The van der Waals surface area contributed by atoms with Crippen molar-refractivity contribution in [3.8, 4) is 11.3 Å². The Labute approximate surface area is 201 Å². The zero-order valence-corrected chi connectivity index (χ0v) is 19.4. The third kappa shape index (κ3) is 4.67. The number of rotatable bonds is 8. The number of aromatic amines is 1. The molecule has 1 amide bonds. The summed E-state index contributed by atoms with van der Waals surface area (Å²) in [6, 6.07) is 16.3. The van der Waals surface area contributed by atoms with E-state index >= 15 is 0 Å². The number of amides is 1. The molecule has 0 saturated carbocycles. The van der Waals surface area contributed by atoms with Crippen LogP contribution in [0.25, 0.3) is 11.3 Å². The third-order valence-corrected chi connectivity index (χ3v) is 5.77. The van der Waals surface area contributed by atoms with Crippen molar-refractivity contribution in [2.24, 2.45) is 7.05 Å². The Kier molecular flexibility index (Phi) is 6.70. The van der Waals surface area contributed by atoms with E-state index in [2.05, 4.69) is 20.4 Å². The number of hydrogen-bond donors (Lipinski definition) is 2. The number of imidazole rings is 1. The Hall–Kier alpha value is -4.04. The molecule has 0 bridgehead atoms. The highest BCUT2D eigenvalue weighted by molar-refractivity contribution is 6.34. The van der Waals surface area contributed by atoms with E-state index in [1.54, 1.807) is 38.2 Å². The standard InChI is InChI=1S/C25H22ClN5O3/c1-3-18(32)22-23(28-14-27-22)25(34)29-17-11-9-15(10-12-17)13-19(33)20-21(30-31(2)24(20)26)16-7-5-4-6-8-16/h4-12,14H,3,13H2,1-2H3,(H,27,28)(H,29,34). The second-order valence-corrected chi connectivity index (χ2v) is 8.02. The van der Waals surface area contributed by atoms with Crippen LogP contribution in [0.1, 0.15) is 50.2 Å². The van der Waals surface area contributed by atoms with Gasteiger partial charge in [-0.3, -0.25) is 19.1 Å². The van der Waals surface area contributed by atoms with Crippen LogP contribution in [-0.4, -0.2) is 37.2 Å². The van der Waals surface area contributed by atoms with Crippen molar-refractivity contribution in [2.75, 3.05) is 5.32 Å². The summed E-state index contributed by atoms with van der Waals surface area (Å²) in [5.41, 5.74) is 3.24. The Bertz CT molecular complexity index is 1360. The van der Waals surface area contributed by atoms with Crippen molar-refractivity contribution >= 4 is 34.8 Å². The highest BCUT2D eigenvalue weighted by Gasteiger charge is 2.23. The van der Waals surface area contributed by atoms with Crippen LogP contribution in [0.4, 0.5) is 5.69 Å². The molecule has 9 heteroatoms. The van der Waals surface area contributed by atoms with Crippen LogP contribution in [-0.2, 0) is 13.5 Å². The smallest absolute Gasteiger partial charge is 0.274 e. The van der Waals surface area contributed by atoms with Crippen molar-refractivity contribution < 1.29 is 14.4 Å². The Morgan fingerprint density at radius 2 is 1.74 bits per heavy atom. The topological polar surface area (TPSA) is 110 Å². The van der Waals surface area contributed by atoms with Gasteiger partial charge >= 0.3 is 0 Å². The van der Waals surface area contributed by atoms with Gasteiger partial charge in [0.1, 0.15) is 22.2 Å². The molecule has 0 saturated heterocycles. The molecule has 8 nitrogen and oxygen atoms in total. The second-order valence-electron chi connectivity index (χ2n) is 7.66. The van der Waals surface area contributed by atoms with E-state index < -0.39 is 5.91 Å². The molecule has 2 aromatic heterocycles. The molecule has 172 valence electrons. The largest absolute Gasteiger partial charge is 0.340 e. The Morgan fingerprint density at radius 1 is 1.03 bits per heavy atom. The maximum absolute atomic E-state index is 13.1. The van der Waals surface area contributed by atoms with Crippen molar-refractivity contribution in [1.29, 1.82) is 0 Å². The molecule has 2 aromatic carbocycles. The van der Waals surface area contributed by atoms with Gasteiger partial charge in [-0.2, -0.15) is 5.10 Å². The van der Waals surface area contributed by atoms with Crippen molar-refractivity contribution in [3.05, 3.63) is 88.6 Å². The summed E-state index contributed by atoms with van der Waals surface area (Å²) in [5.74, 6) is -0.842. The van der Waals surface area contributed by atoms with Crippen molar-refractivity contribution in [2.45, 2.75) is 19.8 Å². The number of H-pyrrole nitrogens is 1. The number of halogens is 1. The maximum atomic E-state index is 13.1. The van der Waals surface area contributed by atoms with Crippen LogP contribution in [0.2, 0.25) is 5.15 Å². The average molecular weight is 476 g/mol. The zero-order chi connectivity index (χ0) is 24.2. The minimum absolute atomic E-state index is 0.116. The predicted octanol–water partition coefficient (Wildman–Crippen LogP) is 4.73. The number of hydrogen-bond acceptors (Lipinski definition) is 5. The average Bonchev–Trinajstić information content (AvgIpc) is 3.45. The van der Waals surface area contributed by atoms with Crippen LogP contribution in [0.5, 0.6) is 0 Å². The summed E-state index contributed by atoms with van der Waals surface area (Å²) in [6.07, 6.45) is 1.69. The summed E-state index contributed by atoms with van der Waals surface area (Å²) in [6.45, 7) is 1.71. The lowest BCUT2D eigenvalue weighted by Gasteiger charge is -2.07. The molecule has 0 fully saturated rings. The molecule has 4 rings (SSSR count). The molecule has 0 atom stereocenters. The minimum atomic E-state index is -0.465. The van der Waals surface area contributed by atoms with E-state index in [1.807, 2.05) is 30.3 Å². The molecule has 0 aliphatic rings. The van der Waals surface area contributed by atoms with Crippen LogP contribution in [0, 0.1) is 0 Å². The second kappa shape index (κ2) is 9.84. The quantitative estimate of drug-likeness (QED) is 0.358. The van der Waals surface area contributed by atoms with E-state index in [0.717, 1.165) is 11.1 Å². The van der Waals surface area contributed by atoms with Crippen LogP contribution in [0.15, 0.2) is 60.9 Å². The first kappa shape index (κ1) is 23.1. The van der Waals surface area contributed by atoms with E-state index in [4.69, 9.17) is 11.6 Å². The molecule has 0 aliphatic heterocycles. The number of benzene rings is 2. The molecule has 0 radical (unpaired) electrons. The summed E-state index contributed by atoms with van der Waals surface area (Å²) in [4.78, 5) is 44.3. The van der Waals surface area contributed by atoms with Crippen LogP contribution in [0.3, 0.4) is 0 Å². The molecule has 0 unspecified atom stereocenters. The van der Waals surface area contributed by atoms with Crippen LogP contribution >= 0.6 is 11.6 Å². The van der Waals surface area contributed by atoms with E-state index in [9.17, 15) is 14.4 Å². The van der Waals surface area contributed by atoms with Crippen molar-refractivity contribution in [1.82, 2.24) is 19.7 Å². The highest BCUT2D eigenvalue weighted by Crippen LogP contribution is 2.29. The van der Waals surface area contributed by atoms with Gasteiger partial charge in [0.05, 0.1) is 11.9 Å². The summed E-state index contributed by atoms with van der Waals surface area (Å²) < 4.78 is 1.49. The van der Waals surface area contributed by atoms with Gasteiger partial charge in [0.25, 0.3) is 5.91 Å². The van der Waals surface area contributed by atoms with Gasteiger partial charge in [-0.25, -0.2) is 4.98 Å². The molecular formula is C25H22ClN5O3. The number of nitrogens with zero attached hydrogens (tertiary/aromatic N) is 3. The van der Waals surface area contributed by atoms with Gasteiger partial charge in [0.15, 0.2) is 11.6 Å². The number of anilines is 1. The monoisotopic (exact) mass is 475 g/mol. The molecule has 2 N–H and O–H groups in total. The Balaban J connectivity index is 1.49. The van der Waals surface area contributed by atoms with E-state index in [-0.39, 0.29) is 40.9 Å². The fourth-order valence-electron chi connectivity index (χ4n) is 3.57. The van der Waals surface area contributed by atoms with Gasteiger partial charge in [-0.15, -0.1) is 0 Å². The van der Waals surface area contributed by atoms with Gasteiger partial charge in [0, 0.05) is 31.1 Å². The molecule has 0 aliphatic carbocycles. The van der Waals surface area contributed by atoms with Gasteiger partial charge < -0.3 is 10.3 Å². The van der Waals surface area contributed by atoms with Gasteiger partial charge in [-0.05, 0) is 17.7 Å². The van der Waals surface area contributed by atoms with E-state index in [0.29, 0.717) is 16.9 Å². The highest BCUT2D eigenvalue weighted by atomic mass is 35.5. The van der Waals surface area contributed by atoms with Crippen LogP contribution < -0.4 is 5.32 Å². The lowest BCUT2D eigenvalue weighted by molar-refractivity contribution is 0.0963. The number of aromatic nitrogens is 4. The lowest BCUT2D eigenvalue weighted by atomic mass is 10.00. The fourth-order valence-corrected chi connectivity index (χ4v) is 3.80. The molecule has 4 aromatic rings. The third-order valence-electron chi connectivity index (χ3n) is 5.33. The first-order chi connectivity index (χ1) is 16.4. The molecular weight excluding hydrogens is 454 g/mol. The number of nitrogens with one attached hydrogen (secondary N) is 2.